The average molecular weight is 533 g/mol. The molecule has 0 bridgehead atoms. The molecule has 36 heavy (non-hydrogen) atoms. The van der Waals surface area contributed by atoms with E-state index >= 15 is 0 Å². The summed E-state index contributed by atoms with van der Waals surface area (Å²) < 4.78 is 31.4. The van der Waals surface area contributed by atoms with Gasteiger partial charge in [-0.15, -0.1) is 11.8 Å². The Bertz CT molecular complexity index is 1480. The van der Waals surface area contributed by atoms with Gasteiger partial charge >= 0.3 is 5.97 Å². The van der Waals surface area contributed by atoms with E-state index in [1.807, 2.05) is 61.7 Å². The van der Waals surface area contributed by atoms with Crippen LogP contribution in [-0.2, 0) is 14.6 Å². The van der Waals surface area contributed by atoms with Crippen LogP contribution < -0.4 is 4.74 Å². The van der Waals surface area contributed by atoms with Crippen molar-refractivity contribution < 1.29 is 17.9 Å². The molecular formula is C29H24O4S3. The highest BCUT2D eigenvalue weighted by atomic mass is 32.2. The summed E-state index contributed by atoms with van der Waals surface area (Å²) in [5.41, 5.74) is 1.92. The summed E-state index contributed by atoms with van der Waals surface area (Å²) in [4.78, 5) is 15.5. The molecule has 0 aliphatic heterocycles. The molecule has 0 saturated heterocycles. The number of carbonyl (C=O) groups is 1. The number of aryl methyl sites for hydroxylation is 1. The van der Waals surface area contributed by atoms with Crippen molar-refractivity contribution in [1.29, 1.82) is 0 Å². The molecule has 4 aromatic carbocycles. The highest BCUT2D eigenvalue weighted by Gasteiger charge is 2.17. The van der Waals surface area contributed by atoms with Crippen LogP contribution in [0.4, 0.5) is 0 Å². The zero-order valence-corrected chi connectivity index (χ0v) is 22.2. The van der Waals surface area contributed by atoms with Gasteiger partial charge in [0.15, 0.2) is 0 Å². The molecule has 0 aromatic heterocycles. The van der Waals surface area contributed by atoms with Crippen LogP contribution >= 0.6 is 23.5 Å². The van der Waals surface area contributed by atoms with Crippen molar-refractivity contribution in [3.05, 3.63) is 114 Å². The van der Waals surface area contributed by atoms with Gasteiger partial charge in [0.25, 0.3) is 0 Å². The third-order valence-electron chi connectivity index (χ3n) is 5.26. The fourth-order valence-corrected chi connectivity index (χ4v) is 5.96. The summed E-state index contributed by atoms with van der Waals surface area (Å²) in [5, 5.41) is 0. The summed E-state index contributed by atoms with van der Waals surface area (Å²) in [6, 6.07) is 28.8. The highest BCUT2D eigenvalue weighted by Crippen LogP contribution is 2.36. The van der Waals surface area contributed by atoms with Gasteiger partial charge < -0.3 is 4.74 Å². The molecule has 182 valence electrons. The van der Waals surface area contributed by atoms with Crippen LogP contribution in [0.25, 0.3) is 6.08 Å². The van der Waals surface area contributed by atoms with E-state index in [1.165, 1.54) is 29.6 Å². The summed E-state index contributed by atoms with van der Waals surface area (Å²) in [7, 11) is -3.58. The van der Waals surface area contributed by atoms with E-state index in [0.29, 0.717) is 5.75 Å². The molecule has 4 rings (SSSR count). The molecule has 4 aromatic rings. The molecule has 0 radical (unpaired) electrons. The van der Waals surface area contributed by atoms with Crippen LogP contribution in [0.15, 0.2) is 128 Å². The second-order valence-corrected chi connectivity index (χ2v) is 11.8. The van der Waals surface area contributed by atoms with Crippen molar-refractivity contribution in [2.24, 2.45) is 0 Å². The fourth-order valence-electron chi connectivity index (χ4n) is 3.35. The van der Waals surface area contributed by atoms with E-state index in [-0.39, 0.29) is 9.79 Å². The largest absolute Gasteiger partial charge is 0.422 e. The van der Waals surface area contributed by atoms with Crippen LogP contribution in [0, 0.1) is 6.92 Å². The molecule has 0 heterocycles. The number of thioether (sulfide) groups is 1. The summed E-state index contributed by atoms with van der Waals surface area (Å²) in [6.45, 7) is 1.92. The fraction of sp³-hybridized carbons (Fsp3) is 0.0690. The summed E-state index contributed by atoms with van der Waals surface area (Å²) in [5.74, 6) is 0.0238. The minimum absolute atomic E-state index is 0.244. The Labute approximate surface area is 220 Å². The van der Waals surface area contributed by atoms with E-state index in [2.05, 4.69) is 0 Å². The standard InChI is InChI=1S/C29H24O4S3/c1-21-8-14-25(15-9-21)36(31,32)26-16-11-23(12-17-26)35-24-13-18-28(34-2)27(20-24)33-29(30)19-10-22-6-4-3-5-7-22/h3-20H,1-2H3/b19-10+. The number of ether oxygens (including phenoxy) is 1. The van der Waals surface area contributed by atoms with E-state index < -0.39 is 15.8 Å². The molecular weight excluding hydrogens is 509 g/mol. The van der Waals surface area contributed by atoms with E-state index in [1.54, 1.807) is 54.6 Å². The number of hydrogen-bond acceptors (Lipinski definition) is 6. The van der Waals surface area contributed by atoms with Crippen molar-refractivity contribution >= 4 is 45.4 Å². The van der Waals surface area contributed by atoms with Gasteiger partial charge in [-0.25, -0.2) is 13.2 Å². The van der Waals surface area contributed by atoms with Gasteiger partial charge in [-0.3, -0.25) is 0 Å². The third kappa shape index (κ3) is 6.49. The normalized spacial score (nSPS) is 11.5. The van der Waals surface area contributed by atoms with Crippen molar-refractivity contribution in [3.8, 4) is 5.75 Å². The second kappa shape index (κ2) is 11.6. The number of esters is 1. The number of sulfone groups is 1. The zero-order chi connectivity index (χ0) is 25.5. The predicted molar refractivity (Wildman–Crippen MR) is 147 cm³/mol. The summed E-state index contributed by atoms with van der Waals surface area (Å²) in [6.07, 6.45) is 5.05. The van der Waals surface area contributed by atoms with Crippen molar-refractivity contribution in [3.63, 3.8) is 0 Å². The lowest BCUT2D eigenvalue weighted by Crippen LogP contribution is -2.04. The van der Waals surface area contributed by atoms with Crippen molar-refractivity contribution in [2.45, 2.75) is 31.4 Å². The monoisotopic (exact) mass is 532 g/mol. The molecule has 0 saturated carbocycles. The van der Waals surface area contributed by atoms with Gasteiger partial charge in [0.2, 0.25) is 9.84 Å². The SMILES string of the molecule is CSc1ccc(Sc2ccc(S(=O)(=O)c3ccc(C)cc3)cc2)cc1OC(=O)/C=C/c1ccccc1. The van der Waals surface area contributed by atoms with E-state index in [0.717, 1.165) is 25.8 Å². The highest BCUT2D eigenvalue weighted by molar-refractivity contribution is 7.99. The molecule has 0 aliphatic rings. The van der Waals surface area contributed by atoms with Crippen LogP contribution in [0.5, 0.6) is 5.75 Å². The first-order chi connectivity index (χ1) is 17.3. The topological polar surface area (TPSA) is 60.4 Å². The maximum absolute atomic E-state index is 12.9. The Morgan fingerprint density at radius 2 is 1.42 bits per heavy atom. The van der Waals surface area contributed by atoms with Gasteiger partial charge in [0.05, 0.1) is 9.79 Å². The second-order valence-electron chi connectivity index (χ2n) is 7.87. The van der Waals surface area contributed by atoms with E-state index in [9.17, 15) is 13.2 Å². The average Bonchev–Trinajstić information content (AvgIpc) is 2.89. The van der Waals surface area contributed by atoms with Crippen molar-refractivity contribution in [1.82, 2.24) is 0 Å². The lowest BCUT2D eigenvalue weighted by Gasteiger charge is -2.10. The van der Waals surface area contributed by atoms with Crippen LogP contribution in [0.1, 0.15) is 11.1 Å². The van der Waals surface area contributed by atoms with Gasteiger partial charge in [-0.2, -0.15) is 0 Å². The number of rotatable bonds is 8. The smallest absolute Gasteiger partial charge is 0.336 e. The molecule has 4 nitrogen and oxygen atoms in total. The van der Waals surface area contributed by atoms with Gasteiger partial charge in [-0.1, -0.05) is 59.8 Å². The molecule has 0 N–H and O–H groups in total. The maximum Gasteiger partial charge on any atom is 0.336 e. The minimum atomic E-state index is -3.58. The third-order valence-corrected chi connectivity index (χ3v) is 8.82. The Morgan fingerprint density at radius 3 is 2.06 bits per heavy atom. The first-order valence-electron chi connectivity index (χ1n) is 11.1. The quantitative estimate of drug-likeness (QED) is 0.103. The maximum atomic E-state index is 12.9. The van der Waals surface area contributed by atoms with Gasteiger partial charge in [0, 0.05) is 20.8 Å². The van der Waals surface area contributed by atoms with Gasteiger partial charge in [0.1, 0.15) is 5.75 Å². The molecule has 7 heteroatoms. The Balaban J connectivity index is 1.48. The Morgan fingerprint density at radius 1 is 0.806 bits per heavy atom. The lowest BCUT2D eigenvalue weighted by molar-refractivity contribution is -0.129. The first-order valence-corrected chi connectivity index (χ1v) is 14.6. The van der Waals surface area contributed by atoms with Crippen molar-refractivity contribution in [2.75, 3.05) is 6.26 Å². The minimum Gasteiger partial charge on any atom is -0.422 e. The summed E-state index contributed by atoms with van der Waals surface area (Å²) >= 11 is 2.95. The van der Waals surface area contributed by atoms with Crippen LogP contribution in [0.2, 0.25) is 0 Å². The Kier molecular flexibility index (Phi) is 8.36. The molecule has 0 unspecified atom stereocenters. The van der Waals surface area contributed by atoms with E-state index in [4.69, 9.17) is 4.74 Å². The zero-order valence-electron chi connectivity index (χ0n) is 19.8. The Hall–Kier alpha value is -3.26. The molecule has 0 atom stereocenters. The molecule has 0 aliphatic carbocycles. The lowest BCUT2D eigenvalue weighted by atomic mass is 10.2. The first kappa shape index (κ1) is 25.8. The molecule has 0 amide bonds. The number of benzene rings is 4. The van der Waals surface area contributed by atoms with Crippen LogP contribution in [-0.4, -0.2) is 20.6 Å². The number of hydrogen-bond donors (Lipinski definition) is 0. The van der Waals surface area contributed by atoms with Gasteiger partial charge in [-0.05, 0) is 79.4 Å². The molecule has 0 spiro atoms. The predicted octanol–water partition coefficient (Wildman–Crippen LogP) is 7.32. The molecule has 0 fully saturated rings. The van der Waals surface area contributed by atoms with Crippen LogP contribution in [0.3, 0.4) is 0 Å². The number of carbonyl (C=O) groups excluding carboxylic acids is 1.